The molecule has 3 N–H and O–H groups in total. The van der Waals surface area contributed by atoms with Crippen molar-refractivity contribution in [2.24, 2.45) is 0 Å². The topological polar surface area (TPSA) is 63.0 Å². The van der Waals surface area contributed by atoms with Crippen molar-refractivity contribution in [3.05, 3.63) is 39.5 Å². The van der Waals surface area contributed by atoms with Crippen molar-refractivity contribution >= 4 is 17.2 Å². The highest BCUT2D eigenvalue weighted by Crippen LogP contribution is 2.14. The molecule has 0 unspecified atom stereocenters. The van der Waals surface area contributed by atoms with E-state index in [1.54, 1.807) is 11.3 Å². The number of nitrogens with two attached hydrogens (primary N) is 1. The van der Waals surface area contributed by atoms with Gasteiger partial charge < -0.3 is 23.2 Å². The number of aromatic nitrogens is 2. The van der Waals surface area contributed by atoms with Crippen molar-refractivity contribution in [1.82, 2.24) is 4.98 Å². The lowest BCUT2D eigenvalue weighted by atomic mass is 10.2. The Morgan fingerprint density at radius 1 is 1.37 bits per heavy atom. The van der Waals surface area contributed by atoms with Crippen molar-refractivity contribution < 1.29 is 22.1 Å². The number of thiazole rings is 1. The van der Waals surface area contributed by atoms with E-state index in [-0.39, 0.29) is 19.0 Å². The molecule has 0 amide bonds. The lowest BCUT2D eigenvalue weighted by molar-refractivity contribution is -0.689. The van der Waals surface area contributed by atoms with Crippen LogP contribution in [-0.4, -0.2) is 16.7 Å². The number of aliphatic hydroxyl groups is 1. The summed E-state index contributed by atoms with van der Waals surface area (Å²) in [5.41, 5.74) is 7.89. The van der Waals surface area contributed by atoms with Gasteiger partial charge in [0.05, 0.1) is 10.4 Å². The number of hydrogen-bond donors (Lipinski definition) is 2. The molecule has 2 heterocycles. The van der Waals surface area contributed by atoms with Gasteiger partial charge >= 0.3 is 0 Å². The summed E-state index contributed by atoms with van der Waals surface area (Å²) in [4.78, 5) is 5.46. The van der Waals surface area contributed by atoms with Crippen LogP contribution in [0.5, 0.6) is 0 Å². The molecular formula is C13H18ClN3OS. The second-order valence-corrected chi connectivity index (χ2v) is 5.63. The number of pyridine rings is 1. The quantitative estimate of drug-likeness (QED) is 0.656. The smallest absolute Gasteiger partial charge is 0.234 e. The first-order valence-corrected chi connectivity index (χ1v) is 6.73. The van der Waals surface area contributed by atoms with E-state index in [0.29, 0.717) is 12.2 Å². The van der Waals surface area contributed by atoms with Crippen LogP contribution in [0.4, 0.5) is 5.82 Å². The Morgan fingerprint density at radius 3 is 2.74 bits per heavy atom. The second kappa shape index (κ2) is 6.84. The Morgan fingerprint density at radius 2 is 2.11 bits per heavy atom. The summed E-state index contributed by atoms with van der Waals surface area (Å²) in [5.74, 6) is 0.594. The lowest BCUT2D eigenvalue weighted by Crippen LogP contribution is -3.00. The van der Waals surface area contributed by atoms with Gasteiger partial charge in [-0.05, 0) is 19.1 Å². The molecule has 19 heavy (non-hydrogen) atoms. The zero-order valence-corrected chi connectivity index (χ0v) is 12.6. The van der Waals surface area contributed by atoms with Crippen LogP contribution in [0, 0.1) is 13.8 Å². The van der Waals surface area contributed by atoms with Crippen LogP contribution in [-0.2, 0) is 13.0 Å². The molecule has 0 fully saturated rings. The van der Waals surface area contributed by atoms with Gasteiger partial charge in [-0.2, -0.15) is 4.57 Å². The van der Waals surface area contributed by atoms with Gasteiger partial charge in [-0.15, -0.1) is 0 Å². The maximum Gasteiger partial charge on any atom is 0.234 e. The molecule has 0 saturated heterocycles. The number of nitrogens with zero attached hydrogens (tertiary/aromatic N) is 2. The van der Waals surface area contributed by atoms with Gasteiger partial charge in [-0.3, -0.25) is 0 Å². The predicted octanol–water partition coefficient (Wildman–Crippen LogP) is -1.78. The first kappa shape index (κ1) is 15.9. The molecule has 2 rings (SSSR count). The zero-order chi connectivity index (χ0) is 13.1. The largest absolute Gasteiger partial charge is 1.00 e. The zero-order valence-electron chi connectivity index (χ0n) is 11.1. The third-order valence-electron chi connectivity index (χ3n) is 2.83. The number of aliphatic hydroxyl groups excluding tert-OH is 1. The number of anilines is 1. The van der Waals surface area contributed by atoms with Gasteiger partial charge in [0.1, 0.15) is 5.82 Å². The minimum Gasteiger partial charge on any atom is -1.00 e. The van der Waals surface area contributed by atoms with Gasteiger partial charge in [-0.1, -0.05) is 11.3 Å². The van der Waals surface area contributed by atoms with Crippen LogP contribution < -0.4 is 22.7 Å². The molecule has 0 aromatic carbocycles. The fourth-order valence-electron chi connectivity index (χ4n) is 1.85. The highest BCUT2D eigenvalue weighted by molar-refractivity contribution is 7.11. The van der Waals surface area contributed by atoms with Crippen LogP contribution in [0.1, 0.15) is 21.1 Å². The third-order valence-corrected chi connectivity index (χ3v) is 3.94. The van der Waals surface area contributed by atoms with E-state index in [1.807, 2.05) is 19.1 Å². The summed E-state index contributed by atoms with van der Waals surface area (Å²) in [7, 11) is 0. The standard InChI is InChI=1S/C13H18N3OS.ClH/c1-9-3-4-11(13(14)15-9)7-16-8-12(5-6-17)18-10(16)2;/h3-4,8,17H,5-7H2,1-2H3,(H2,14,15);1H/q+1;/p-1. The molecule has 2 aromatic rings. The van der Waals surface area contributed by atoms with E-state index < -0.39 is 0 Å². The summed E-state index contributed by atoms with van der Waals surface area (Å²) >= 11 is 1.71. The number of hydrogen-bond acceptors (Lipinski definition) is 4. The molecule has 0 bridgehead atoms. The molecule has 0 aliphatic heterocycles. The molecule has 0 radical (unpaired) electrons. The average Bonchev–Trinajstić information content (AvgIpc) is 2.64. The van der Waals surface area contributed by atoms with E-state index in [9.17, 15) is 0 Å². The van der Waals surface area contributed by atoms with E-state index in [2.05, 4.69) is 22.7 Å². The summed E-state index contributed by atoms with van der Waals surface area (Å²) in [6, 6.07) is 4.00. The van der Waals surface area contributed by atoms with E-state index in [1.165, 1.54) is 9.88 Å². The van der Waals surface area contributed by atoms with Gasteiger partial charge in [0.2, 0.25) is 5.01 Å². The number of rotatable bonds is 4. The summed E-state index contributed by atoms with van der Waals surface area (Å²) in [6.45, 7) is 4.92. The monoisotopic (exact) mass is 299 g/mol. The van der Waals surface area contributed by atoms with Gasteiger partial charge in [0.25, 0.3) is 0 Å². The molecule has 2 aromatic heterocycles. The van der Waals surface area contributed by atoms with Crippen molar-refractivity contribution in [2.45, 2.75) is 26.8 Å². The van der Waals surface area contributed by atoms with Gasteiger partial charge in [0, 0.05) is 25.6 Å². The maximum atomic E-state index is 8.95. The average molecular weight is 300 g/mol. The Labute approximate surface area is 123 Å². The molecule has 0 aliphatic rings. The Bertz CT molecular complexity index is 557. The van der Waals surface area contributed by atoms with Crippen LogP contribution in [0.3, 0.4) is 0 Å². The minimum absolute atomic E-state index is 0. The second-order valence-electron chi connectivity index (χ2n) is 4.31. The summed E-state index contributed by atoms with van der Waals surface area (Å²) in [5, 5.41) is 10.2. The summed E-state index contributed by atoms with van der Waals surface area (Å²) < 4.78 is 2.15. The van der Waals surface area contributed by atoms with E-state index in [4.69, 9.17) is 10.8 Å². The van der Waals surface area contributed by atoms with E-state index >= 15 is 0 Å². The predicted molar refractivity (Wildman–Crippen MR) is 72.5 cm³/mol. The number of nitrogen functional groups attached to an aromatic ring is 1. The maximum absolute atomic E-state index is 8.95. The first-order valence-electron chi connectivity index (χ1n) is 5.91. The van der Waals surface area contributed by atoms with Crippen molar-refractivity contribution in [3.8, 4) is 0 Å². The fraction of sp³-hybridized carbons (Fsp3) is 0.385. The minimum atomic E-state index is 0. The molecule has 4 nitrogen and oxygen atoms in total. The Balaban J connectivity index is 0.00000180. The van der Waals surface area contributed by atoms with Crippen LogP contribution >= 0.6 is 11.3 Å². The highest BCUT2D eigenvalue weighted by Gasteiger charge is 2.15. The molecular weight excluding hydrogens is 282 g/mol. The van der Waals surface area contributed by atoms with Gasteiger partial charge in [0.15, 0.2) is 12.7 Å². The van der Waals surface area contributed by atoms with Gasteiger partial charge in [-0.25, -0.2) is 4.98 Å². The lowest BCUT2D eigenvalue weighted by Gasteiger charge is -2.02. The number of aryl methyl sites for hydroxylation is 2. The van der Waals surface area contributed by atoms with Crippen LogP contribution in [0.25, 0.3) is 0 Å². The van der Waals surface area contributed by atoms with Crippen LogP contribution in [0.15, 0.2) is 18.3 Å². The normalized spacial score (nSPS) is 10.3. The summed E-state index contributed by atoms with van der Waals surface area (Å²) in [6.07, 6.45) is 2.79. The molecule has 104 valence electrons. The molecule has 0 spiro atoms. The Kier molecular flexibility index (Phi) is 5.72. The highest BCUT2D eigenvalue weighted by atomic mass is 35.5. The SMILES string of the molecule is Cc1ccc(C[n+]2cc(CCO)sc2C)c(N)n1.[Cl-]. The Hall–Kier alpha value is -1.17. The molecule has 0 aliphatic carbocycles. The molecule has 0 atom stereocenters. The number of halogens is 1. The molecule has 0 saturated carbocycles. The van der Waals surface area contributed by atoms with Crippen molar-refractivity contribution in [3.63, 3.8) is 0 Å². The van der Waals surface area contributed by atoms with Crippen LogP contribution in [0.2, 0.25) is 0 Å². The third kappa shape index (κ3) is 3.89. The van der Waals surface area contributed by atoms with Crippen molar-refractivity contribution in [2.75, 3.05) is 12.3 Å². The fourth-order valence-corrected chi connectivity index (χ4v) is 2.83. The first-order chi connectivity index (χ1) is 8.60. The van der Waals surface area contributed by atoms with Crippen molar-refractivity contribution in [1.29, 1.82) is 0 Å². The molecule has 6 heteroatoms. The van der Waals surface area contributed by atoms with E-state index in [0.717, 1.165) is 17.8 Å².